The summed E-state index contributed by atoms with van der Waals surface area (Å²) in [7, 11) is 0. The molecule has 0 saturated carbocycles. The summed E-state index contributed by atoms with van der Waals surface area (Å²) < 4.78 is 58.9. The van der Waals surface area contributed by atoms with Crippen LogP contribution in [0.4, 0.5) is 0 Å². The summed E-state index contributed by atoms with van der Waals surface area (Å²) in [4.78, 5) is 83.3. The molecule has 4 aromatic rings. The largest absolute Gasteiger partial charge is 0.463 e. The van der Waals surface area contributed by atoms with E-state index < -0.39 is 103 Å². The number of nitrogens with zero attached hydrogens (tertiary/aromatic N) is 1. The number of benzene rings is 4. The average Bonchev–Trinajstić information content (AvgIpc) is 3.58. The van der Waals surface area contributed by atoms with Gasteiger partial charge in [0.25, 0.3) is 11.8 Å². The SMILES string of the molecule is C=CCO[C@@H]1[C@H](NC(C)=O)[C@@H](OCc2ccccc2)O[C@H](COCc2ccccc2)[C@]1(OCc1ccccc1)[C@@H]1O[C@H](COC(C)=O)[C@@H](OC(C)=O)[C@H](OC(C)=O)[C@@H]1N1C(=O)c2ccccc2C1=O. The van der Waals surface area contributed by atoms with Crippen molar-refractivity contribution in [3.8, 4) is 0 Å². The molecule has 3 aliphatic rings. The molecule has 3 amide bonds. The lowest BCUT2D eigenvalue weighted by atomic mass is 9.72. The van der Waals surface area contributed by atoms with E-state index in [0.717, 1.165) is 29.9 Å². The lowest BCUT2D eigenvalue weighted by Crippen LogP contribution is -2.82. The predicted octanol–water partition coefficient (Wildman–Crippen LogP) is 5.04. The van der Waals surface area contributed by atoms with Gasteiger partial charge in [-0.3, -0.25) is 33.7 Å². The Morgan fingerprint density at radius 1 is 0.667 bits per heavy atom. The number of fused-ring (bicyclic) bond motifs is 1. The van der Waals surface area contributed by atoms with Crippen LogP contribution in [0.2, 0.25) is 0 Å². The third kappa shape index (κ3) is 11.6. The van der Waals surface area contributed by atoms with E-state index in [0.29, 0.717) is 5.56 Å². The fourth-order valence-corrected chi connectivity index (χ4v) is 9.11. The van der Waals surface area contributed by atoms with Crippen molar-refractivity contribution in [2.24, 2.45) is 0 Å². The molecule has 0 aliphatic carbocycles. The number of esters is 3. The number of hydrogen-bond acceptors (Lipinski definition) is 15. The van der Waals surface area contributed by atoms with Crippen LogP contribution >= 0.6 is 0 Å². The highest BCUT2D eigenvalue weighted by Gasteiger charge is 2.70. The van der Waals surface area contributed by atoms with E-state index in [-0.39, 0.29) is 44.2 Å². The second-order valence-electron chi connectivity index (χ2n) is 16.7. The molecule has 2 fully saturated rings. The molecule has 0 bridgehead atoms. The fourth-order valence-electron chi connectivity index (χ4n) is 9.11. The lowest BCUT2D eigenvalue weighted by molar-refractivity contribution is -0.368. The molecule has 17 nitrogen and oxygen atoms in total. The molecule has 10 atom stereocenters. The molecule has 0 unspecified atom stereocenters. The summed E-state index contributed by atoms with van der Waals surface area (Å²) in [5.41, 5.74) is 0.0939. The van der Waals surface area contributed by atoms with Crippen molar-refractivity contribution in [3.63, 3.8) is 0 Å². The van der Waals surface area contributed by atoms with Crippen molar-refractivity contribution in [2.75, 3.05) is 19.8 Å². The zero-order chi connectivity index (χ0) is 49.1. The summed E-state index contributed by atoms with van der Waals surface area (Å²) in [6.45, 7) is 7.38. The molecule has 2 saturated heterocycles. The molecular weight excluding hydrogens is 893 g/mol. The van der Waals surface area contributed by atoms with Crippen LogP contribution in [0.3, 0.4) is 0 Å². The topological polar surface area (TPSA) is 201 Å². The Labute approximate surface area is 399 Å². The predicted molar refractivity (Wildman–Crippen MR) is 245 cm³/mol. The molecular formula is C52H56N2O15. The van der Waals surface area contributed by atoms with Gasteiger partial charge in [-0.25, -0.2) is 0 Å². The Hall–Kier alpha value is -6.60. The van der Waals surface area contributed by atoms with Crippen LogP contribution in [0.1, 0.15) is 65.1 Å². The van der Waals surface area contributed by atoms with Gasteiger partial charge in [-0.1, -0.05) is 109 Å². The molecule has 1 N–H and O–H groups in total. The van der Waals surface area contributed by atoms with Crippen LogP contribution in [0.15, 0.2) is 128 Å². The van der Waals surface area contributed by atoms with Gasteiger partial charge in [0.05, 0.1) is 44.2 Å². The average molecular weight is 949 g/mol. The molecule has 0 spiro atoms. The number of imide groups is 1. The molecule has 0 aromatic heterocycles. The van der Waals surface area contributed by atoms with Gasteiger partial charge in [0, 0.05) is 27.7 Å². The van der Waals surface area contributed by atoms with Gasteiger partial charge in [-0.15, -0.1) is 6.58 Å². The van der Waals surface area contributed by atoms with Gasteiger partial charge in [0.2, 0.25) is 5.91 Å². The van der Waals surface area contributed by atoms with Crippen LogP contribution in [0.5, 0.6) is 0 Å². The van der Waals surface area contributed by atoms with E-state index in [9.17, 15) is 28.8 Å². The number of hydrogen-bond donors (Lipinski definition) is 1. The van der Waals surface area contributed by atoms with Gasteiger partial charge in [0.15, 0.2) is 24.1 Å². The second kappa shape index (κ2) is 23.1. The fraction of sp³-hybridized carbons (Fsp3) is 0.385. The van der Waals surface area contributed by atoms with Crippen LogP contribution in [0, 0.1) is 0 Å². The van der Waals surface area contributed by atoms with Gasteiger partial charge in [0.1, 0.15) is 43.1 Å². The van der Waals surface area contributed by atoms with Crippen molar-refractivity contribution in [2.45, 2.75) is 108 Å². The quantitative estimate of drug-likeness (QED) is 0.0535. The summed E-state index contributed by atoms with van der Waals surface area (Å²) in [6, 6.07) is 30.7. The van der Waals surface area contributed by atoms with E-state index in [2.05, 4.69) is 11.9 Å². The molecule has 17 heteroatoms. The van der Waals surface area contributed by atoms with E-state index in [1.807, 2.05) is 66.7 Å². The number of carbonyl (C=O) groups excluding carboxylic acids is 6. The van der Waals surface area contributed by atoms with E-state index in [1.54, 1.807) is 36.4 Å². The van der Waals surface area contributed by atoms with E-state index in [4.69, 9.17) is 42.6 Å². The number of carbonyl (C=O) groups is 6. The van der Waals surface area contributed by atoms with Crippen LogP contribution in [-0.4, -0.2) is 121 Å². The maximum absolute atomic E-state index is 14.9. The van der Waals surface area contributed by atoms with Gasteiger partial charge in [-0.2, -0.15) is 0 Å². The monoisotopic (exact) mass is 948 g/mol. The highest BCUT2D eigenvalue weighted by molar-refractivity contribution is 6.21. The first kappa shape index (κ1) is 50.3. The minimum absolute atomic E-state index is 0.00583. The van der Waals surface area contributed by atoms with Crippen molar-refractivity contribution in [3.05, 3.63) is 156 Å². The first-order chi connectivity index (χ1) is 33.3. The number of amides is 3. The van der Waals surface area contributed by atoms with Crippen molar-refractivity contribution in [1.29, 1.82) is 0 Å². The zero-order valence-corrected chi connectivity index (χ0v) is 38.8. The maximum atomic E-state index is 14.9. The Bertz CT molecular complexity index is 2400. The first-order valence-electron chi connectivity index (χ1n) is 22.5. The zero-order valence-electron chi connectivity index (χ0n) is 38.8. The van der Waals surface area contributed by atoms with Crippen LogP contribution in [0.25, 0.3) is 0 Å². The van der Waals surface area contributed by atoms with Gasteiger partial charge in [-0.05, 0) is 28.8 Å². The number of nitrogens with one attached hydrogen (secondary N) is 1. The smallest absolute Gasteiger partial charge is 0.303 e. The minimum atomic E-state index is -2.18. The lowest BCUT2D eigenvalue weighted by Gasteiger charge is -2.60. The summed E-state index contributed by atoms with van der Waals surface area (Å²) >= 11 is 0. The molecule has 69 heavy (non-hydrogen) atoms. The highest BCUT2D eigenvalue weighted by Crippen LogP contribution is 2.48. The summed E-state index contributed by atoms with van der Waals surface area (Å²) in [6.07, 6.45) is -9.22. The minimum Gasteiger partial charge on any atom is -0.463 e. The molecule has 4 aromatic carbocycles. The van der Waals surface area contributed by atoms with Crippen molar-refractivity contribution in [1.82, 2.24) is 10.2 Å². The van der Waals surface area contributed by atoms with Crippen molar-refractivity contribution >= 4 is 35.6 Å². The molecule has 3 heterocycles. The molecule has 364 valence electrons. The normalized spacial score (nSPS) is 26.4. The Kier molecular flexibility index (Phi) is 16.9. The number of rotatable bonds is 20. The molecule has 3 aliphatic heterocycles. The number of ether oxygens (including phenoxy) is 9. The van der Waals surface area contributed by atoms with Crippen molar-refractivity contribution < 1.29 is 71.4 Å². The van der Waals surface area contributed by atoms with Crippen LogP contribution in [-0.2, 0) is 81.6 Å². The molecule has 0 radical (unpaired) electrons. The first-order valence-corrected chi connectivity index (χ1v) is 22.5. The maximum Gasteiger partial charge on any atom is 0.303 e. The summed E-state index contributed by atoms with van der Waals surface area (Å²) in [5.74, 6) is -4.61. The molecule has 7 rings (SSSR count). The van der Waals surface area contributed by atoms with E-state index in [1.165, 1.54) is 32.1 Å². The second-order valence-corrected chi connectivity index (χ2v) is 16.7. The Morgan fingerprint density at radius 3 is 1.74 bits per heavy atom. The van der Waals surface area contributed by atoms with Crippen LogP contribution < -0.4 is 5.32 Å². The van der Waals surface area contributed by atoms with Gasteiger partial charge < -0.3 is 47.9 Å². The Balaban J connectivity index is 1.51. The summed E-state index contributed by atoms with van der Waals surface area (Å²) in [5, 5.41) is 2.97. The third-order valence-corrected chi connectivity index (χ3v) is 11.9. The van der Waals surface area contributed by atoms with E-state index >= 15 is 0 Å². The van der Waals surface area contributed by atoms with Gasteiger partial charge >= 0.3 is 17.9 Å². The Morgan fingerprint density at radius 2 is 1.20 bits per heavy atom. The third-order valence-electron chi connectivity index (χ3n) is 11.9. The highest BCUT2D eigenvalue weighted by atomic mass is 16.7. The standard InChI is InChI=1S/C52H56N2O15/c1-6-26-62-47-43(53-32(2)55)51(64-28-37-20-12-8-13-21-37)69-42(31-61-27-36-18-10-7-11-19-36)52(47,65-29-38-22-14-9-15-23-38)48-44(54-49(59)39-24-16-17-25-40(39)50(54)60)46(67-35(5)58)45(66-34(4)57)41(68-48)30-63-33(3)56/h6-25,41-48,51H,1,26-31H2,2-5H3,(H,53,55)/t41-,42-,43+,44+,45-,46-,47-,48-,51+,52-/m1/s1.